The minimum atomic E-state index is -0.255. The molecule has 0 aliphatic carbocycles. The lowest BCUT2D eigenvalue weighted by molar-refractivity contribution is 0.619. The zero-order valence-corrected chi connectivity index (χ0v) is 13.0. The lowest BCUT2D eigenvalue weighted by Crippen LogP contribution is -2.06. The normalized spacial score (nSPS) is 12.3. The number of hydrogen-bond acceptors (Lipinski definition) is 1. The van der Waals surface area contributed by atoms with E-state index in [2.05, 4.69) is 21.2 Å². The smallest absolute Gasteiger partial charge is 0.137 e. The molecule has 0 amide bonds. The van der Waals surface area contributed by atoms with E-state index in [1.54, 1.807) is 12.1 Å². The van der Waals surface area contributed by atoms with Crippen LogP contribution in [0.25, 0.3) is 0 Å². The van der Waals surface area contributed by atoms with Crippen molar-refractivity contribution in [2.24, 2.45) is 0 Å². The molecule has 2 aromatic rings. The number of nitrogens with one attached hydrogen (secondary N) is 1. The predicted octanol–water partition coefficient (Wildman–Crippen LogP) is 5.72. The fraction of sp³-hybridized carbons (Fsp3) is 0.200. The predicted molar refractivity (Wildman–Crippen MR) is 82.3 cm³/mol. The molecule has 0 saturated heterocycles. The highest BCUT2D eigenvalue weighted by atomic mass is 79.9. The van der Waals surface area contributed by atoms with Gasteiger partial charge >= 0.3 is 0 Å². The van der Waals surface area contributed by atoms with E-state index in [-0.39, 0.29) is 11.9 Å². The second-order valence-electron chi connectivity index (χ2n) is 4.50. The van der Waals surface area contributed by atoms with Gasteiger partial charge in [-0.25, -0.2) is 4.39 Å². The number of aryl methyl sites for hydroxylation is 1. The van der Waals surface area contributed by atoms with E-state index < -0.39 is 0 Å². The molecule has 0 radical (unpaired) electrons. The molecular weight excluding hydrogens is 329 g/mol. The molecule has 1 N–H and O–H groups in total. The van der Waals surface area contributed by atoms with Crippen molar-refractivity contribution in [3.05, 3.63) is 62.8 Å². The summed E-state index contributed by atoms with van der Waals surface area (Å²) in [6.45, 7) is 3.99. The first-order chi connectivity index (χ1) is 8.97. The molecule has 0 heterocycles. The lowest BCUT2D eigenvalue weighted by Gasteiger charge is -2.16. The Morgan fingerprint density at radius 3 is 2.58 bits per heavy atom. The van der Waals surface area contributed by atoms with Gasteiger partial charge in [-0.1, -0.05) is 23.7 Å². The van der Waals surface area contributed by atoms with Crippen LogP contribution >= 0.6 is 27.5 Å². The maximum atomic E-state index is 13.2. The van der Waals surface area contributed by atoms with Crippen LogP contribution in [0.3, 0.4) is 0 Å². The molecule has 19 heavy (non-hydrogen) atoms. The summed E-state index contributed by atoms with van der Waals surface area (Å²) in [6, 6.07) is 10.9. The third kappa shape index (κ3) is 3.48. The summed E-state index contributed by atoms with van der Waals surface area (Å²) in [6.07, 6.45) is 0. The van der Waals surface area contributed by atoms with Crippen molar-refractivity contribution in [2.45, 2.75) is 19.9 Å². The number of benzene rings is 2. The summed E-state index contributed by atoms with van der Waals surface area (Å²) in [7, 11) is 0. The quantitative estimate of drug-likeness (QED) is 0.752. The fourth-order valence-electron chi connectivity index (χ4n) is 1.80. The molecule has 0 fully saturated rings. The second kappa shape index (κ2) is 5.93. The summed E-state index contributed by atoms with van der Waals surface area (Å²) in [4.78, 5) is 0. The van der Waals surface area contributed by atoms with E-state index in [4.69, 9.17) is 11.6 Å². The van der Waals surface area contributed by atoms with Crippen LogP contribution < -0.4 is 5.32 Å². The zero-order valence-electron chi connectivity index (χ0n) is 10.7. The molecule has 0 aliphatic rings. The molecule has 1 atom stereocenters. The molecule has 100 valence electrons. The van der Waals surface area contributed by atoms with Crippen LogP contribution in [0.1, 0.15) is 24.1 Å². The van der Waals surface area contributed by atoms with Crippen LogP contribution in [0, 0.1) is 12.7 Å². The van der Waals surface area contributed by atoms with E-state index in [9.17, 15) is 4.39 Å². The molecule has 0 spiro atoms. The Hall–Kier alpha value is -1.06. The van der Waals surface area contributed by atoms with E-state index in [0.29, 0.717) is 4.47 Å². The molecule has 0 aliphatic heterocycles. The monoisotopic (exact) mass is 341 g/mol. The maximum absolute atomic E-state index is 13.2. The highest BCUT2D eigenvalue weighted by molar-refractivity contribution is 9.10. The largest absolute Gasteiger partial charge is 0.378 e. The molecule has 0 aromatic heterocycles. The van der Waals surface area contributed by atoms with Gasteiger partial charge in [0, 0.05) is 16.8 Å². The molecule has 1 nitrogen and oxygen atoms in total. The Morgan fingerprint density at radius 2 is 1.95 bits per heavy atom. The highest BCUT2D eigenvalue weighted by Crippen LogP contribution is 2.26. The first-order valence-electron chi connectivity index (χ1n) is 5.95. The Labute approximate surface area is 125 Å². The highest BCUT2D eigenvalue weighted by Gasteiger charge is 2.08. The minimum absolute atomic E-state index is 0.0654. The maximum Gasteiger partial charge on any atom is 0.137 e. The van der Waals surface area contributed by atoms with Crippen molar-refractivity contribution in [2.75, 3.05) is 5.32 Å². The first kappa shape index (κ1) is 14.4. The van der Waals surface area contributed by atoms with Gasteiger partial charge in [-0.15, -0.1) is 0 Å². The number of halogens is 3. The summed E-state index contributed by atoms with van der Waals surface area (Å²) < 4.78 is 13.7. The summed E-state index contributed by atoms with van der Waals surface area (Å²) in [5, 5.41) is 4.08. The molecule has 4 heteroatoms. The Balaban J connectivity index is 2.17. The molecule has 0 saturated carbocycles. The van der Waals surface area contributed by atoms with Gasteiger partial charge in [-0.05, 0) is 65.2 Å². The third-order valence-electron chi connectivity index (χ3n) is 3.00. The minimum Gasteiger partial charge on any atom is -0.378 e. The van der Waals surface area contributed by atoms with Crippen LogP contribution in [-0.2, 0) is 0 Å². The fourth-order valence-corrected chi connectivity index (χ4v) is 2.37. The summed E-state index contributed by atoms with van der Waals surface area (Å²) in [5.41, 5.74) is 3.00. The van der Waals surface area contributed by atoms with Gasteiger partial charge in [-0.2, -0.15) is 0 Å². The average molecular weight is 343 g/mol. The second-order valence-corrected chi connectivity index (χ2v) is 5.77. The topological polar surface area (TPSA) is 12.0 Å². The van der Waals surface area contributed by atoms with Gasteiger partial charge < -0.3 is 5.32 Å². The van der Waals surface area contributed by atoms with Crippen molar-refractivity contribution in [1.82, 2.24) is 0 Å². The third-order valence-corrected chi connectivity index (χ3v) is 4.01. The Morgan fingerprint density at radius 1 is 1.21 bits per heavy atom. The van der Waals surface area contributed by atoms with Crippen molar-refractivity contribution in [1.29, 1.82) is 0 Å². The summed E-state index contributed by atoms with van der Waals surface area (Å²) in [5.74, 6) is -0.255. The van der Waals surface area contributed by atoms with Crippen LogP contribution in [0.2, 0.25) is 5.02 Å². The van der Waals surface area contributed by atoms with Gasteiger partial charge in [0.1, 0.15) is 5.82 Å². The van der Waals surface area contributed by atoms with E-state index in [1.165, 1.54) is 6.07 Å². The molecule has 2 aromatic carbocycles. The Kier molecular flexibility index (Phi) is 4.48. The van der Waals surface area contributed by atoms with E-state index in [0.717, 1.165) is 21.8 Å². The number of anilines is 1. The number of rotatable bonds is 3. The molecule has 0 bridgehead atoms. The van der Waals surface area contributed by atoms with E-state index >= 15 is 0 Å². The van der Waals surface area contributed by atoms with Crippen LogP contribution in [0.15, 0.2) is 40.9 Å². The molecule has 1 unspecified atom stereocenters. The van der Waals surface area contributed by atoms with Crippen LogP contribution in [-0.4, -0.2) is 0 Å². The zero-order chi connectivity index (χ0) is 14.0. The van der Waals surface area contributed by atoms with Crippen molar-refractivity contribution in [3.63, 3.8) is 0 Å². The Bertz CT molecular complexity index is 601. The van der Waals surface area contributed by atoms with Crippen molar-refractivity contribution >= 4 is 33.2 Å². The number of hydrogen-bond donors (Lipinski definition) is 1. The SMILES string of the molecule is Cc1ccc(NC(C)c2ccc(F)c(Br)c2)cc1Cl. The lowest BCUT2D eigenvalue weighted by atomic mass is 10.1. The van der Waals surface area contributed by atoms with Crippen LogP contribution in [0.4, 0.5) is 10.1 Å². The molecule has 2 rings (SSSR count). The first-order valence-corrected chi connectivity index (χ1v) is 7.12. The van der Waals surface area contributed by atoms with Gasteiger partial charge in [0.05, 0.1) is 4.47 Å². The summed E-state index contributed by atoms with van der Waals surface area (Å²) >= 11 is 9.29. The van der Waals surface area contributed by atoms with Gasteiger partial charge in [0.2, 0.25) is 0 Å². The standard InChI is InChI=1S/C15H14BrClFN/c1-9-3-5-12(8-14(9)17)19-10(2)11-4-6-15(18)13(16)7-11/h3-8,10,19H,1-2H3. The van der Waals surface area contributed by atoms with E-state index in [1.807, 2.05) is 32.0 Å². The van der Waals surface area contributed by atoms with Crippen molar-refractivity contribution < 1.29 is 4.39 Å². The van der Waals surface area contributed by atoms with Gasteiger partial charge in [-0.3, -0.25) is 0 Å². The molecular formula is C15H14BrClFN. The average Bonchev–Trinajstić information content (AvgIpc) is 2.37. The van der Waals surface area contributed by atoms with Gasteiger partial charge in [0.25, 0.3) is 0 Å². The van der Waals surface area contributed by atoms with Crippen LogP contribution in [0.5, 0.6) is 0 Å². The van der Waals surface area contributed by atoms with Crippen molar-refractivity contribution in [3.8, 4) is 0 Å². The van der Waals surface area contributed by atoms with Gasteiger partial charge in [0.15, 0.2) is 0 Å².